The lowest BCUT2D eigenvalue weighted by molar-refractivity contribution is -0.467. The van der Waals surface area contributed by atoms with E-state index >= 15 is 0 Å². The van der Waals surface area contributed by atoms with Crippen LogP contribution >= 0.6 is 0 Å². The number of methoxy groups -OCH3 is 1. The van der Waals surface area contributed by atoms with E-state index in [4.69, 9.17) is 14.2 Å². The molecule has 12 atom stereocenters. The number of aliphatic hydroxyl groups is 4. The average molecular weight is 814 g/mol. The number of halogens is 10. The number of aliphatic hydroxyl groups excluding tert-OH is 3. The molecule has 3 aliphatic carbocycles. The Bertz CT molecular complexity index is 1660. The Morgan fingerprint density at radius 3 is 2.15 bits per heavy atom. The summed E-state index contributed by atoms with van der Waals surface area (Å²) in [6, 6.07) is 3.49. The van der Waals surface area contributed by atoms with E-state index in [-0.39, 0.29) is 35.7 Å². The number of nitrogens with zero attached hydrogens (tertiary/aromatic N) is 2. The summed E-state index contributed by atoms with van der Waals surface area (Å²) < 4.78 is 137. The van der Waals surface area contributed by atoms with Crippen molar-refractivity contribution in [1.82, 2.24) is 0 Å². The quantitative estimate of drug-likeness (QED) is 0.127. The number of carbonyl (C=O) groups is 2. The maximum absolute atomic E-state index is 14.1. The van der Waals surface area contributed by atoms with Crippen LogP contribution in [0.2, 0.25) is 0 Å². The van der Waals surface area contributed by atoms with Gasteiger partial charge in [0.05, 0.1) is 61.1 Å². The van der Waals surface area contributed by atoms with Gasteiger partial charge in [-0.1, -0.05) is 12.1 Å². The van der Waals surface area contributed by atoms with Crippen LogP contribution in [-0.4, -0.2) is 123 Å². The van der Waals surface area contributed by atoms with Gasteiger partial charge in [0.25, 0.3) is 0 Å². The highest BCUT2D eigenvalue weighted by Gasteiger charge is 2.81. The number of rotatable bonds is 8. The third-order valence-corrected chi connectivity index (χ3v) is 10.8. The Kier molecular flexibility index (Phi) is 12.1. The zero-order chi connectivity index (χ0) is 39.8. The van der Waals surface area contributed by atoms with E-state index in [0.29, 0.717) is 0 Å². The number of fused-ring (bicyclic) bond motifs is 3. The van der Waals surface area contributed by atoms with Crippen LogP contribution in [0.1, 0.15) is 53.8 Å². The Labute approximate surface area is 306 Å². The third kappa shape index (κ3) is 7.03. The van der Waals surface area contributed by atoms with E-state index in [1.165, 1.54) is 32.2 Å². The van der Waals surface area contributed by atoms with E-state index in [1.54, 1.807) is 0 Å². The van der Waals surface area contributed by atoms with Gasteiger partial charge in [-0.25, -0.2) is 0 Å². The Morgan fingerprint density at radius 2 is 1.57 bits per heavy atom. The summed E-state index contributed by atoms with van der Waals surface area (Å²) in [5.74, 6) is -27.6. The predicted octanol–water partition coefficient (Wildman–Crippen LogP) is -0.790. The third-order valence-electron chi connectivity index (χ3n) is 10.8. The molecule has 0 bridgehead atoms. The van der Waals surface area contributed by atoms with Crippen LogP contribution in [0, 0.1) is 23.7 Å². The van der Waals surface area contributed by atoms with Gasteiger partial charge in [-0.15, -0.1) is 0 Å². The summed E-state index contributed by atoms with van der Waals surface area (Å²) in [6.45, 7) is 2.42. The maximum atomic E-state index is 14.1. The fourth-order valence-corrected chi connectivity index (χ4v) is 7.86. The van der Waals surface area contributed by atoms with Crippen LogP contribution in [-0.2, 0) is 9.47 Å². The summed E-state index contributed by atoms with van der Waals surface area (Å²) in [5.41, 5.74) is 0.472. The standard InChI is InChI=1S/C32H36F9N3O9.ClH/c1-11-23(45)15(42)7-18(52-11)53-17-9-28(50,12(2)44-43-10-29(33,34)30(35,36)31(37,38)32(39,40)41)8-14-20(17)27(49)22-21(25(14)47)24(46)13-5-4-6-16(51-3)19(13)26(22)48;/h4-6,10-11,14-15,17-18,20-23,25,27,45,47,49-50H,7-9,42H2,1-3H3;1H/t11?,14?,15?,17?,18?,20?,21?,22?,23?,25?,27?,28-;/m0./s1. The molecule has 7 N–H and O–H groups in total. The number of alkyl halides is 9. The van der Waals surface area contributed by atoms with Crippen molar-refractivity contribution < 1.29 is 102 Å². The molecule has 2 saturated carbocycles. The molecule has 304 valence electrons. The van der Waals surface area contributed by atoms with Crippen LogP contribution in [0.3, 0.4) is 0 Å². The minimum Gasteiger partial charge on any atom is -1.00 e. The molecule has 1 saturated heterocycles. The van der Waals surface area contributed by atoms with Gasteiger partial charge in [0.15, 0.2) is 17.9 Å². The highest BCUT2D eigenvalue weighted by atomic mass is 35.5. The second-order valence-electron chi connectivity index (χ2n) is 14.0. The van der Waals surface area contributed by atoms with Crippen molar-refractivity contribution in [3.63, 3.8) is 0 Å². The van der Waals surface area contributed by atoms with Gasteiger partial charge in [-0.05, 0) is 32.3 Å². The van der Waals surface area contributed by atoms with Crippen LogP contribution < -0.4 is 22.9 Å². The van der Waals surface area contributed by atoms with Crippen molar-refractivity contribution in [3.8, 4) is 5.75 Å². The summed E-state index contributed by atoms with van der Waals surface area (Å²) in [5, 5.41) is 51.6. The molecule has 12 nitrogen and oxygen atoms in total. The van der Waals surface area contributed by atoms with E-state index in [2.05, 4.69) is 15.9 Å². The van der Waals surface area contributed by atoms with Gasteiger partial charge >= 0.3 is 23.9 Å². The summed E-state index contributed by atoms with van der Waals surface area (Å²) in [7, 11) is 1.25. The fraction of sp³-hybridized carbons (Fsp3) is 0.688. The molecule has 1 aromatic rings. The van der Waals surface area contributed by atoms with Crippen LogP contribution in [0.5, 0.6) is 5.75 Å². The molecule has 1 aromatic carbocycles. The maximum Gasteiger partial charge on any atom is 0.460 e. The largest absolute Gasteiger partial charge is 1.00 e. The smallest absolute Gasteiger partial charge is 0.460 e. The number of hydrogen-bond donors (Lipinski definition) is 5. The summed E-state index contributed by atoms with van der Waals surface area (Å²) >= 11 is 0. The number of Topliss-reactive ketones (excluding diaryl/α,β-unsaturated/α-hetero) is 2. The lowest BCUT2D eigenvalue weighted by atomic mass is 9.52. The Balaban J connectivity index is 0.00000650. The number of benzene rings is 1. The molecule has 11 unspecified atom stereocenters. The molecule has 0 aromatic heterocycles. The summed E-state index contributed by atoms with van der Waals surface area (Å²) in [4.78, 5) is 27.8. The molecular weight excluding hydrogens is 777 g/mol. The average Bonchev–Trinajstić information content (AvgIpc) is 3.06. The zero-order valence-corrected chi connectivity index (χ0v) is 29.2. The molecule has 1 aliphatic heterocycles. The van der Waals surface area contributed by atoms with Gasteiger partial charge in [-0.2, -0.15) is 49.7 Å². The number of quaternary nitrogens is 1. The van der Waals surface area contributed by atoms with Crippen molar-refractivity contribution in [2.75, 3.05) is 7.11 Å². The SMILES string of the molecule is COc1cccc2c1C(=O)C1C(O)C3C(OC4CC([NH3+])C(O)C(C)O4)C[C@](O)(C(C)=NN=CC(F)(F)C(F)(F)C(F)(F)C(F)(F)F)CC3C(O)C1C2=O.[Cl-]. The van der Waals surface area contributed by atoms with Crippen LogP contribution in [0.15, 0.2) is 28.4 Å². The van der Waals surface area contributed by atoms with Crippen molar-refractivity contribution in [2.24, 2.45) is 33.9 Å². The van der Waals surface area contributed by atoms with Crippen LogP contribution in [0.25, 0.3) is 0 Å². The molecule has 22 heteroatoms. The van der Waals surface area contributed by atoms with E-state index < -0.39 is 132 Å². The number of hydrogen-bond acceptors (Lipinski definition) is 11. The molecule has 5 rings (SSSR count). The lowest BCUT2D eigenvalue weighted by Gasteiger charge is -2.56. The molecule has 54 heavy (non-hydrogen) atoms. The first-order chi connectivity index (χ1) is 24.3. The van der Waals surface area contributed by atoms with Crippen LogP contribution in [0.4, 0.5) is 39.5 Å². The van der Waals surface area contributed by atoms with Gasteiger partial charge < -0.3 is 52.8 Å². The lowest BCUT2D eigenvalue weighted by Crippen LogP contribution is -3.00. The first kappa shape index (κ1) is 43.8. The fourth-order valence-electron chi connectivity index (χ4n) is 7.86. The zero-order valence-electron chi connectivity index (χ0n) is 28.5. The molecule has 0 amide bonds. The molecule has 4 aliphatic rings. The molecular formula is C32H37ClF9N3O9. The Morgan fingerprint density at radius 1 is 0.963 bits per heavy atom. The van der Waals surface area contributed by atoms with Gasteiger partial charge in [0.2, 0.25) is 0 Å². The second kappa shape index (κ2) is 14.9. The van der Waals surface area contributed by atoms with Crippen molar-refractivity contribution >= 4 is 23.5 Å². The molecule has 1 heterocycles. The minimum atomic E-state index is -7.18. The van der Waals surface area contributed by atoms with Crippen molar-refractivity contribution in [2.45, 2.75) is 106 Å². The van der Waals surface area contributed by atoms with E-state index in [9.17, 15) is 69.5 Å². The topological polar surface area (TPSA) is 195 Å². The molecule has 3 fully saturated rings. The normalized spacial score (nSPS) is 36.6. The van der Waals surface area contributed by atoms with Crippen molar-refractivity contribution in [3.05, 3.63) is 29.3 Å². The van der Waals surface area contributed by atoms with E-state index in [1.807, 2.05) is 0 Å². The molecule has 0 spiro atoms. The number of carbonyl (C=O) groups excluding carboxylic acids is 2. The van der Waals surface area contributed by atoms with E-state index in [0.717, 1.165) is 6.92 Å². The highest BCUT2D eigenvalue weighted by Crippen LogP contribution is 2.55. The van der Waals surface area contributed by atoms with Gasteiger partial charge in [-0.3, -0.25) is 9.59 Å². The summed E-state index contributed by atoms with van der Waals surface area (Å²) in [6.07, 6.45) is -17.7. The highest BCUT2D eigenvalue weighted by molar-refractivity contribution is 6.18. The molecule has 0 radical (unpaired) electrons. The van der Waals surface area contributed by atoms with Gasteiger partial charge in [0.1, 0.15) is 29.7 Å². The first-order valence-corrected chi connectivity index (χ1v) is 16.3. The predicted molar refractivity (Wildman–Crippen MR) is 161 cm³/mol. The number of ketones is 2. The monoisotopic (exact) mass is 813 g/mol. The Hall–Kier alpha value is -2.92. The first-order valence-electron chi connectivity index (χ1n) is 16.3. The number of ether oxygens (including phenoxy) is 3. The second-order valence-corrected chi connectivity index (χ2v) is 14.0. The minimum absolute atomic E-state index is 0. The van der Waals surface area contributed by atoms with Crippen molar-refractivity contribution in [1.29, 1.82) is 0 Å². The van der Waals surface area contributed by atoms with Gasteiger partial charge in [0, 0.05) is 17.9 Å².